The number of benzene rings is 1. The van der Waals surface area contributed by atoms with Crippen molar-refractivity contribution in [1.82, 2.24) is 33.6 Å². The molecule has 1 aliphatic heterocycles. The zero-order valence-electron chi connectivity index (χ0n) is 23.6. The Labute approximate surface area is 242 Å². The van der Waals surface area contributed by atoms with Crippen LogP contribution >= 0.6 is 0 Å². The Hall–Kier alpha value is -4.12. The van der Waals surface area contributed by atoms with Crippen LogP contribution in [0, 0.1) is 11.9 Å². The fourth-order valence-electron chi connectivity index (χ4n) is 6.22. The van der Waals surface area contributed by atoms with Gasteiger partial charge in [-0.2, -0.15) is 4.39 Å². The Bertz CT molecular complexity index is 1800. The molecule has 1 unspecified atom stereocenters. The summed E-state index contributed by atoms with van der Waals surface area (Å²) in [7, 11) is 1.98. The Morgan fingerprint density at radius 2 is 2.05 bits per heavy atom. The minimum Gasteiger partial charge on any atom is -0.337 e. The van der Waals surface area contributed by atoms with E-state index in [1.807, 2.05) is 17.7 Å². The van der Waals surface area contributed by atoms with Crippen LogP contribution in [0.2, 0.25) is 0 Å². The first kappa shape index (κ1) is 26.8. The SMILES string of the molecule is Cn1c(-c2cc3cccc(CCCn4cnc(F)c4)c3n2CC2CC2)nc2cc3c(nc21)CCN(CC(N)CF)C3=O. The summed E-state index contributed by atoms with van der Waals surface area (Å²) in [4.78, 5) is 28.5. The largest absolute Gasteiger partial charge is 0.337 e. The molecule has 0 bridgehead atoms. The second kappa shape index (κ2) is 10.6. The molecule has 1 aliphatic carbocycles. The normalized spacial score (nSPS) is 16.1. The van der Waals surface area contributed by atoms with Gasteiger partial charge in [-0.3, -0.25) is 4.79 Å². The summed E-state index contributed by atoms with van der Waals surface area (Å²) in [5, 5.41) is 1.16. The molecular weight excluding hydrogens is 538 g/mol. The minimum atomic E-state index is -0.694. The van der Waals surface area contributed by atoms with Gasteiger partial charge < -0.3 is 24.3 Å². The van der Waals surface area contributed by atoms with Crippen molar-refractivity contribution in [3.05, 3.63) is 65.6 Å². The van der Waals surface area contributed by atoms with Gasteiger partial charge in [0.05, 0.1) is 41.0 Å². The number of alkyl halides is 1. The lowest BCUT2D eigenvalue weighted by Gasteiger charge is -2.29. The first-order valence-corrected chi connectivity index (χ1v) is 14.7. The smallest absolute Gasteiger partial charge is 0.255 e. The number of aryl methyl sites for hydroxylation is 3. The average molecular weight is 573 g/mol. The number of pyridine rings is 1. The maximum atomic E-state index is 13.3. The van der Waals surface area contributed by atoms with Crippen LogP contribution in [-0.2, 0) is 33.0 Å². The van der Waals surface area contributed by atoms with Crippen molar-refractivity contribution in [3.8, 4) is 11.5 Å². The van der Waals surface area contributed by atoms with Gasteiger partial charge in [-0.05, 0) is 49.3 Å². The fraction of sp³-hybridized carbons (Fsp3) is 0.419. The van der Waals surface area contributed by atoms with E-state index in [0.29, 0.717) is 36.5 Å². The van der Waals surface area contributed by atoms with Gasteiger partial charge in [-0.15, -0.1) is 0 Å². The van der Waals surface area contributed by atoms with Crippen LogP contribution in [0.15, 0.2) is 42.9 Å². The molecule has 42 heavy (non-hydrogen) atoms. The highest BCUT2D eigenvalue weighted by molar-refractivity contribution is 5.99. The zero-order chi connectivity index (χ0) is 29.0. The number of carbonyl (C=O) groups is 1. The van der Waals surface area contributed by atoms with E-state index in [2.05, 4.69) is 33.8 Å². The lowest BCUT2D eigenvalue weighted by molar-refractivity contribution is 0.0723. The predicted octanol–water partition coefficient (Wildman–Crippen LogP) is 4.26. The van der Waals surface area contributed by atoms with Crippen LogP contribution in [0.5, 0.6) is 0 Å². The molecule has 7 rings (SSSR count). The minimum absolute atomic E-state index is 0.173. The number of aromatic nitrogens is 6. The first-order valence-electron chi connectivity index (χ1n) is 14.7. The quantitative estimate of drug-likeness (QED) is 0.270. The summed E-state index contributed by atoms with van der Waals surface area (Å²) < 4.78 is 32.6. The highest BCUT2D eigenvalue weighted by Gasteiger charge is 2.30. The monoisotopic (exact) mass is 572 g/mol. The molecule has 11 heteroatoms. The van der Waals surface area contributed by atoms with Gasteiger partial charge in [0.25, 0.3) is 5.91 Å². The summed E-state index contributed by atoms with van der Waals surface area (Å²) in [5.41, 5.74) is 11.9. The highest BCUT2D eigenvalue weighted by Crippen LogP contribution is 2.38. The van der Waals surface area contributed by atoms with Gasteiger partial charge in [-0.25, -0.2) is 19.3 Å². The van der Waals surface area contributed by atoms with E-state index in [0.717, 1.165) is 47.6 Å². The summed E-state index contributed by atoms with van der Waals surface area (Å²) in [6.07, 6.45) is 7.70. The zero-order valence-corrected chi connectivity index (χ0v) is 23.6. The van der Waals surface area contributed by atoms with Gasteiger partial charge in [-0.1, -0.05) is 18.2 Å². The lowest BCUT2D eigenvalue weighted by atomic mass is 10.0. The van der Waals surface area contributed by atoms with E-state index >= 15 is 0 Å². The highest BCUT2D eigenvalue weighted by atomic mass is 19.1. The second-order valence-electron chi connectivity index (χ2n) is 11.7. The van der Waals surface area contributed by atoms with E-state index in [1.165, 1.54) is 36.4 Å². The molecule has 1 fully saturated rings. The molecule has 218 valence electrons. The second-order valence-corrected chi connectivity index (χ2v) is 11.7. The number of fused-ring (bicyclic) bond motifs is 3. The molecule has 1 amide bonds. The van der Waals surface area contributed by atoms with Gasteiger partial charge in [0, 0.05) is 45.0 Å². The molecule has 4 aromatic heterocycles. The number of carbonyl (C=O) groups excluding carboxylic acids is 1. The Balaban J connectivity index is 1.26. The van der Waals surface area contributed by atoms with Crippen LogP contribution < -0.4 is 5.73 Å². The van der Waals surface area contributed by atoms with Crippen LogP contribution in [0.4, 0.5) is 8.78 Å². The number of imidazole rings is 2. The van der Waals surface area contributed by atoms with Crippen molar-refractivity contribution in [2.24, 2.45) is 18.7 Å². The van der Waals surface area contributed by atoms with Crippen molar-refractivity contribution >= 4 is 28.0 Å². The van der Waals surface area contributed by atoms with E-state index < -0.39 is 18.7 Å². The third kappa shape index (κ3) is 4.85. The summed E-state index contributed by atoms with van der Waals surface area (Å²) in [5.74, 6) is 0.814. The van der Waals surface area contributed by atoms with Gasteiger partial charge in [0.1, 0.15) is 12.2 Å². The third-order valence-electron chi connectivity index (χ3n) is 8.55. The van der Waals surface area contributed by atoms with Gasteiger partial charge >= 0.3 is 0 Å². The van der Waals surface area contributed by atoms with E-state index in [-0.39, 0.29) is 12.5 Å². The molecule has 0 radical (unpaired) electrons. The van der Waals surface area contributed by atoms with Gasteiger partial charge in [0.15, 0.2) is 11.5 Å². The van der Waals surface area contributed by atoms with Crippen LogP contribution in [-0.4, -0.2) is 65.3 Å². The molecule has 9 nitrogen and oxygen atoms in total. The number of nitrogens with zero attached hydrogens (tertiary/aromatic N) is 7. The fourth-order valence-corrected chi connectivity index (χ4v) is 6.22. The molecular formula is C31H34F2N8O. The number of para-hydroxylation sites is 1. The van der Waals surface area contributed by atoms with Crippen molar-refractivity contribution < 1.29 is 13.6 Å². The number of rotatable bonds is 10. The maximum absolute atomic E-state index is 13.3. The molecule has 1 aromatic carbocycles. The summed E-state index contributed by atoms with van der Waals surface area (Å²) in [6, 6.07) is 9.76. The third-order valence-corrected chi connectivity index (χ3v) is 8.55. The Kier molecular flexibility index (Phi) is 6.76. The standard InChI is InChI=1S/C31H34F2N8O/c1-38-29-25(13-23-24(36-29)9-11-40(31(23)42)16-22(34)14-32)37-30(38)26-12-21-5-2-4-20(28(21)41(26)15-19-7-8-19)6-3-10-39-17-27(33)35-18-39/h2,4-5,12-13,17-19,22H,3,6-11,14-16,34H2,1H3. The number of nitrogens with two attached hydrogens (primary N) is 1. The molecule has 2 N–H and O–H groups in total. The molecule has 2 aliphatic rings. The number of hydrogen-bond donors (Lipinski definition) is 1. The van der Waals surface area contributed by atoms with E-state index in [1.54, 1.807) is 9.47 Å². The summed E-state index contributed by atoms with van der Waals surface area (Å²) in [6.45, 7) is 1.59. The number of halogens is 2. The van der Waals surface area contributed by atoms with Crippen molar-refractivity contribution in [3.63, 3.8) is 0 Å². The lowest BCUT2D eigenvalue weighted by Crippen LogP contribution is -2.45. The average Bonchev–Trinajstić information content (AvgIpc) is 3.47. The van der Waals surface area contributed by atoms with Crippen LogP contribution in [0.3, 0.4) is 0 Å². The molecule has 1 atom stereocenters. The van der Waals surface area contributed by atoms with Gasteiger partial charge in [0.2, 0.25) is 5.95 Å². The molecule has 1 saturated carbocycles. The molecule has 5 aromatic rings. The van der Waals surface area contributed by atoms with Crippen LogP contribution in [0.1, 0.15) is 40.9 Å². The van der Waals surface area contributed by atoms with Crippen molar-refractivity contribution in [2.45, 2.75) is 51.2 Å². The topological polar surface area (TPSA) is 99.8 Å². The maximum Gasteiger partial charge on any atom is 0.255 e. The predicted molar refractivity (Wildman–Crippen MR) is 156 cm³/mol. The van der Waals surface area contributed by atoms with Crippen molar-refractivity contribution in [1.29, 1.82) is 0 Å². The number of amides is 1. The first-order chi connectivity index (χ1) is 20.4. The summed E-state index contributed by atoms with van der Waals surface area (Å²) >= 11 is 0. The molecule has 5 heterocycles. The van der Waals surface area contributed by atoms with E-state index in [4.69, 9.17) is 15.7 Å². The Morgan fingerprint density at radius 1 is 1.19 bits per heavy atom. The molecule has 0 saturated heterocycles. The Morgan fingerprint density at radius 3 is 2.81 bits per heavy atom. The van der Waals surface area contributed by atoms with E-state index in [9.17, 15) is 13.6 Å². The number of hydrogen-bond acceptors (Lipinski definition) is 5. The van der Waals surface area contributed by atoms with Crippen molar-refractivity contribution in [2.75, 3.05) is 19.8 Å². The molecule has 0 spiro atoms. The van der Waals surface area contributed by atoms with Crippen LogP contribution in [0.25, 0.3) is 33.6 Å².